The molecule has 16 heavy (non-hydrogen) atoms. The summed E-state index contributed by atoms with van der Waals surface area (Å²) in [6, 6.07) is 8.51. The lowest BCUT2D eigenvalue weighted by Gasteiger charge is -2.12. The summed E-state index contributed by atoms with van der Waals surface area (Å²) in [6.45, 7) is 8.81. The molecule has 0 aliphatic heterocycles. The molecule has 0 aliphatic rings. The second kappa shape index (κ2) is 6.47. The SMILES string of the molecule is CCCC(C)=Nc1ccccc1C(C)CC. The third-order valence-electron chi connectivity index (χ3n) is 3.00. The van der Waals surface area contributed by atoms with E-state index in [9.17, 15) is 0 Å². The van der Waals surface area contributed by atoms with Gasteiger partial charge in [0.25, 0.3) is 0 Å². The molecule has 1 heteroatoms. The highest BCUT2D eigenvalue weighted by Crippen LogP contribution is 2.28. The first-order chi connectivity index (χ1) is 7.69. The van der Waals surface area contributed by atoms with Crippen molar-refractivity contribution in [3.8, 4) is 0 Å². The monoisotopic (exact) mass is 217 g/mol. The molecule has 88 valence electrons. The highest BCUT2D eigenvalue weighted by atomic mass is 14.7. The Morgan fingerprint density at radius 1 is 1.25 bits per heavy atom. The van der Waals surface area contributed by atoms with Gasteiger partial charge < -0.3 is 0 Å². The number of aliphatic imine (C=N–C) groups is 1. The summed E-state index contributed by atoms with van der Waals surface area (Å²) in [6.07, 6.45) is 3.43. The van der Waals surface area contributed by atoms with Crippen LogP contribution in [0.2, 0.25) is 0 Å². The van der Waals surface area contributed by atoms with E-state index in [2.05, 4.69) is 52.0 Å². The summed E-state index contributed by atoms with van der Waals surface area (Å²) in [7, 11) is 0. The average Bonchev–Trinajstić information content (AvgIpc) is 2.29. The molecular weight excluding hydrogens is 194 g/mol. The standard InChI is InChI=1S/C15H23N/c1-5-9-13(4)16-15-11-8-7-10-14(15)12(3)6-2/h7-8,10-12H,5-6,9H2,1-4H3. The minimum Gasteiger partial charge on any atom is -0.258 e. The summed E-state index contributed by atoms with van der Waals surface area (Å²) in [4.78, 5) is 4.73. The van der Waals surface area contributed by atoms with Crippen LogP contribution in [0.15, 0.2) is 29.3 Å². The molecule has 0 amide bonds. The van der Waals surface area contributed by atoms with E-state index in [1.165, 1.54) is 24.1 Å². The zero-order chi connectivity index (χ0) is 12.0. The van der Waals surface area contributed by atoms with Gasteiger partial charge in [0.05, 0.1) is 5.69 Å². The van der Waals surface area contributed by atoms with Crippen LogP contribution >= 0.6 is 0 Å². The summed E-state index contributed by atoms with van der Waals surface area (Å²) in [5.74, 6) is 0.592. The molecule has 1 nitrogen and oxygen atoms in total. The van der Waals surface area contributed by atoms with Gasteiger partial charge in [0.15, 0.2) is 0 Å². The summed E-state index contributed by atoms with van der Waals surface area (Å²) in [5, 5.41) is 0. The van der Waals surface area contributed by atoms with Crippen molar-refractivity contribution in [1.82, 2.24) is 0 Å². The molecule has 1 rings (SSSR count). The first-order valence-electron chi connectivity index (χ1n) is 6.32. The molecule has 0 aromatic heterocycles. The van der Waals surface area contributed by atoms with Gasteiger partial charge in [0.2, 0.25) is 0 Å². The van der Waals surface area contributed by atoms with Gasteiger partial charge in [-0.2, -0.15) is 0 Å². The molecule has 1 aromatic carbocycles. The molecule has 0 bridgehead atoms. The summed E-state index contributed by atoms with van der Waals surface area (Å²) >= 11 is 0. The fourth-order valence-electron chi connectivity index (χ4n) is 1.85. The van der Waals surface area contributed by atoms with Crippen molar-refractivity contribution >= 4 is 11.4 Å². The fraction of sp³-hybridized carbons (Fsp3) is 0.533. The molecule has 1 aromatic rings. The highest BCUT2D eigenvalue weighted by Gasteiger charge is 2.07. The third kappa shape index (κ3) is 3.48. The first-order valence-corrected chi connectivity index (χ1v) is 6.32. The Hall–Kier alpha value is -1.11. The van der Waals surface area contributed by atoms with Gasteiger partial charge in [0, 0.05) is 5.71 Å². The van der Waals surface area contributed by atoms with Crippen LogP contribution < -0.4 is 0 Å². The molecule has 0 heterocycles. The molecular formula is C15H23N. The average molecular weight is 217 g/mol. The van der Waals surface area contributed by atoms with Gasteiger partial charge in [0.1, 0.15) is 0 Å². The van der Waals surface area contributed by atoms with Gasteiger partial charge in [-0.1, -0.05) is 45.4 Å². The van der Waals surface area contributed by atoms with E-state index < -0.39 is 0 Å². The lowest BCUT2D eigenvalue weighted by Crippen LogP contribution is -1.94. The third-order valence-corrected chi connectivity index (χ3v) is 3.00. The Balaban J connectivity index is 2.99. The van der Waals surface area contributed by atoms with E-state index in [1.54, 1.807) is 0 Å². The topological polar surface area (TPSA) is 12.4 Å². The van der Waals surface area contributed by atoms with E-state index >= 15 is 0 Å². The lowest BCUT2D eigenvalue weighted by molar-refractivity contribution is 0.734. The van der Waals surface area contributed by atoms with Crippen molar-refractivity contribution < 1.29 is 0 Å². The van der Waals surface area contributed by atoms with Crippen molar-refractivity contribution in [1.29, 1.82) is 0 Å². The zero-order valence-electron chi connectivity index (χ0n) is 11.0. The zero-order valence-corrected chi connectivity index (χ0v) is 11.0. The van der Waals surface area contributed by atoms with Crippen LogP contribution in [0.25, 0.3) is 0 Å². The molecule has 0 radical (unpaired) electrons. The second-order valence-corrected chi connectivity index (χ2v) is 4.47. The maximum atomic E-state index is 4.73. The van der Waals surface area contributed by atoms with Crippen LogP contribution in [0, 0.1) is 0 Å². The minimum absolute atomic E-state index is 0.592. The molecule has 0 spiro atoms. The Morgan fingerprint density at radius 2 is 1.94 bits per heavy atom. The number of benzene rings is 1. The Kier molecular flexibility index (Phi) is 5.24. The molecule has 0 saturated heterocycles. The van der Waals surface area contributed by atoms with E-state index in [0.29, 0.717) is 5.92 Å². The Labute approximate surface area is 99.6 Å². The van der Waals surface area contributed by atoms with Crippen molar-refractivity contribution in [2.24, 2.45) is 4.99 Å². The van der Waals surface area contributed by atoms with Crippen molar-refractivity contribution in [2.75, 3.05) is 0 Å². The quantitative estimate of drug-likeness (QED) is 0.609. The summed E-state index contributed by atoms with van der Waals surface area (Å²) in [5.41, 5.74) is 3.77. The predicted molar refractivity (Wildman–Crippen MR) is 72.8 cm³/mol. The van der Waals surface area contributed by atoms with Crippen LogP contribution in [0.5, 0.6) is 0 Å². The first kappa shape index (κ1) is 13.0. The Bertz CT molecular complexity index is 352. The largest absolute Gasteiger partial charge is 0.258 e. The second-order valence-electron chi connectivity index (χ2n) is 4.47. The highest BCUT2D eigenvalue weighted by molar-refractivity contribution is 5.84. The molecule has 0 saturated carbocycles. The van der Waals surface area contributed by atoms with Crippen molar-refractivity contribution in [2.45, 2.75) is 52.9 Å². The molecule has 1 unspecified atom stereocenters. The van der Waals surface area contributed by atoms with Crippen molar-refractivity contribution in [3.05, 3.63) is 29.8 Å². The number of para-hydroxylation sites is 1. The van der Waals surface area contributed by atoms with Gasteiger partial charge in [-0.3, -0.25) is 4.99 Å². The maximum absolute atomic E-state index is 4.73. The number of nitrogens with zero attached hydrogens (tertiary/aromatic N) is 1. The van der Waals surface area contributed by atoms with E-state index in [4.69, 9.17) is 4.99 Å². The normalized spacial score (nSPS) is 13.9. The summed E-state index contributed by atoms with van der Waals surface area (Å²) < 4.78 is 0. The number of rotatable bonds is 5. The number of hydrogen-bond acceptors (Lipinski definition) is 1. The molecule has 0 fully saturated rings. The van der Waals surface area contributed by atoms with E-state index in [0.717, 1.165) is 12.1 Å². The van der Waals surface area contributed by atoms with E-state index in [-0.39, 0.29) is 0 Å². The van der Waals surface area contributed by atoms with E-state index in [1.807, 2.05) is 0 Å². The van der Waals surface area contributed by atoms with Crippen LogP contribution in [0.1, 0.15) is 58.4 Å². The van der Waals surface area contributed by atoms with Gasteiger partial charge >= 0.3 is 0 Å². The van der Waals surface area contributed by atoms with Gasteiger partial charge in [-0.05, 0) is 37.3 Å². The molecule has 0 N–H and O–H groups in total. The fourth-order valence-corrected chi connectivity index (χ4v) is 1.85. The molecule has 1 atom stereocenters. The minimum atomic E-state index is 0.592. The van der Waals surface area contributed by atoms with Crippen LogP contribution in [0.3, 0.4) is 0 Å². The van der Waals surface area contributed by atoms with Gasteiger partial charge in [-0.15, -0.1) is 0 Å². The number of hydrogen-bond donors (Lipinski definition) is 0. The van der Waals surface area contributed by atoms with Crippen LogP contribution in [-0.2, 0) is 0 Å². The van der Waals surface area contributed by atoms with Crippen LogP contribution in [0.4, 0.5) is 5.69 Å². The predicted octanol–water partition coefficient (Wildman–Crippen LogP) is 5.09. The Morgan fingerprint density at radius 3 is 2.56 bits per heavy atom. The smallest absolute Gasteiger partial charge is 0.0663 e. The van der Waals surface area contributed by atoms with Crippen molar-refractivity contribution in [3.63, 3.8) is 0 Å². The maximum Gasteiger partial charge on any atom is 0.0663 e. The lowest BCUT2D eigenvalue weighted by atomic mass is 9.97. The molecule has 0 aliphatic carbocycles. The van der Waals surface area contributed by atoms with Crippen LogP contribution in [-0.4, -0.2) is 5.71 Å². The van der Waals surface area contributed by atoms with Gasteiger partial charge in [-0.25, -0.2) is 0 Å².